The van der Waals surface area contributed by atoms with Gasteiger partial charge in [-0.15, -0.1) is 0 Å². The lowest BCUT2D eigenvalue weighted by molar-refractivity contribution is 0.242. The summed E-state index contributed by atoms with van der Waals surface area (Å²) >= 11 is 0. The Morgan fingerprint density at radius 2 is 1.92 bits per heavy atom. The molecule has 0 unspecified atom stereocenters. The highest BCUT2D eigenvalue weighted by molar-refractivity contribution is 5.75. The molecule has 132 valence electrons. The van der Waals surface area contributed by atoms with E-state index in [2.05, 4.69) is 52.7 Å². The predicted molar refractivity (Wildman–Crippen MR) is 98.9 cm³/mol. The van der Waals surface area contributed by atoms with Crippen LogP contribution in [0.15, 0.2) is 22.6 Å². The molecule has 3 heterocycles. The molecule has 0 atom stereocenters. The molecule has 25 heavy (non-hydrogen) atoms. The van der Waals surface area contributed by atoms with Gasteiger partial charge in [0.2, 0.25) is 0 Å². The fourth-order valence-electron chi connectivity index (χ4n) is 3.35. The molecule has 1 aliphatic rings. The first kappa shape index (κ1) is 16.1. The van der Waals surface area contributed by atoms with E-state index >= 15 is 0 Å². The van der Waals surface area contributed by atoms with Crippen molar-refractivity contribution in [3.05, 3.63) is 41.0 Å². The molecular formula is C19H25N5O. The van der Waals surface area contributed by atoms with Crippen LogP contribution in [-0.4, -0.2) is 46.0 Å². The van der Waals surface area contributed by atoms with Crippen molar-refractivity contribution in [1.29, 1.82) is 0 Å². The van der Waals surface area contributed by atoms with Crippen LogP contribution in [-0.2, 0) is 13.0 Å². The summed E-state index contributed by atoms with van der Waals surface area (Å²) in [6.45, 7) is 11.1. The maximum atomic E-state index is 5.93. The molecule has 6 nitrogen and oxygen atoms in total. The SMILES string of the molecule is CCc1nc(CN2CCN(c3nc4cc(C)ccc4o3)CC2)c(C)[nH]1. The lowest BCUT2D eigenvalue weighted by atomic mass is 10.2. The number of rotatable bonds is 4. The van der Waals surface area contributed by atoms with Crippen LogP contribution in [0.2, 0.25) is 0 Å². The minimum absolute atomic E-state index is 0.740. The predicted octanol–water partition coefficient (Wildman–Crippen LogP) is 3.05. The maximum Gasteiger partial charge on any atom is 0.298 e. The van der Waals surface area contributed by atoms with Crippen LogP contribution in [0.1, 0.15) is 29.7 Å². The van der Waals surface area contributed by atoms with E-state index in [1.165, 1.54) is 17.0 Å². The minimum Gasteiger partial charge on any atom is -0.423 e. The number of benzene rings is 1. The van der Waals surface area contributed by atoms with Gasteiger partial charge in [0, 0.05) is 44.8 Å². The summed E-state index contributed by atoms with van der Waals surface area (Å²) < 4.78 is 5.93. The van der Waals surface area contributed by atoms with Crippen molar-refractivity contribution in [2.75, 3.05) is 31.1 Å². The second-order valence-electron chi connectivity index (χ2n) is 6.84. The van der Waals surface area contributed by atoms with Gasteiger partial charge in [-0.25, -0.2) is 4.98 Å². The smallest absolute Gasteiger partial charge is 0.298 e. The van der Waals surface area contributed by atoms with E-state index in [4.69, 9.17) is 9.40 Å². The Morgan fingerprint density at radius 3 is 2.64 bits per heavy atom. The Labute approximate surface area is 147 Å². The van der Waals surface area contributed by atoms with Gasteiger partial charge in [0.05, 0.1) is 5.69 Å². The molecule has 6 heteroatoms. The summed E-state index contributed by atoms with van der Waals surface area (Å²) in [5.41, 5.74) is 5.37. The van der Waals surface area contributed by atoms with Gasteiger partial charge in [-0.2, -0.15) is 4.98 Å². The summed E-state index contributed by atoms with van der Waals surface area (Å²) in [5.74, 6) is 1.08. The van der Waals surface area contributed by atoms with Crippen LogP contribution in [0.3, 0.4) is 0 Å². The summed E-state index contributed by atoms with van der Waals surface area (Å²) in [7, 11) is 0. The number of oxazole rings is 1. The Morgan fingerprint density at radius 1 is 1.12 bits per heavy atom. The highest BCUT2D eigenvalue weighted by Crippen LogP contribution is 2.24. The van der Waals surface area contributed by atoms with Gasteiger partial charge < -0.3 is 14.3 Å². The van der Waals surface area contributed by atoms with Crippen LogP contribution in [0.4, 0.5) is 6.01 Å². The molecule has 0 amide bonds. The van der Waals surface area contributed by atoms with Gasteiger partial charge in [-0.05, 0) is 31.5 Å². The molecule has 0 radical (unpaired) electrons. The number of H-pyrrole nitrogens is 1. The van der Waals surface area contributed by atoms with Crippen molar-refractivity contribution < 1.29 is 4.42 Å². The first-order valence-electron chi connectivity index (χ1n) is 9.01. The number of nitrogens with zero attached hydrogens (tertiary/aromatic N) is 4. The van der Waals surface area contributed by atoms with Gasteiger partial charge in [0.1, 0.15) is 11.3 Å². The Bertz CT molecular complexity index is 873. The van der Waals surface area contributed by atoms with Crippen LogP contribution >= 0.6 is 0 Å². The number of anilines is 1. The largest absolute Gasteiger partial charge is 0.423 e. The number of hydrogen-bond acceptors (Lipinski definition) is 5. The summed E-state index contributed by atoms with van der Waals surface area (Å²) in [5, 5.41) is 0. The van der Waals surface area contributed by atoms with Gasteiger partial charge in [-0.3, -0.25) is 4.90 Å². The number of piperazine rings is 1. The molecular weight excluding hydrogens is 314 g/mol. The molecule has 1 saturated heterocycles. The molecule has 0 aliphatic carbocycles. The first-order valence-corrected chi connectivity index (χ1v) is 9.01. The molecule has 0 bridgehead atoms. The van der Waals surface area contributed by atoms with Crippen LogP contribution in [0, 0.1) is 13.8 Å². The lowest BCUT2D eigenvalue weighted by Crippen LogP contribution is -2.46. The maximum absolute atomic E-state index is 5.93. The fourth-order valence-corrected chi connectivity index (χ4v) is 3.35. The van der Waals surface area contributed by atoms with Gasteiger partial charge in [0.15, 0.2) is 5.58 Å². The van der Waals surface area contributed by atoms with E-state index in [9.17, 15) is 0 Å². The zero-order chi connectivity index (χ0) is 17.4. The lowest BCUT2D eigenvalue weighted by Gasteiger charge is -2.33. The van der Waals surface area contributed by atoms with Crippen molar-refractivity contribution in [2.24, 2.45) is 0 Å². The van der Waals surface area contributed by atoms with Gasteiger partial charge in [0.25, 0.3) is 6.01 Å². The average molecular weight is 339 g/mol. The molecule has 1 aliphatic heterocycles. The monoisotopic (exact) mass is 339 g/mol. The molecule has 2 aromatic heterocycles. The summed E-state index contributed by atoms with van der Waals surface area (Å²) in [6, 6.07) is 6.88. The van der Waals surface area contributed by atoms with E-state index in [0.717, 1.165) is 62.1 Å². The molecule has 4 rings (SSSR count). The van der Waals surface area contributed by atoms with E-state index in [1.54, 1.807) is 0 Å². The topological polar surface area (TPSA) is 61.2 Å². The second kappa shape index (κ2) is 6.52. The number of aromatic nitrogens is 3. The number of nitrogens with one attached hydrogen (secondary N) is 1. The highest BCUT2D eigenvalue weighted by Gasteiger charge is 2.22. The number of fused-ring (bicyclic) bond motifs is 1. The van der Waals surface area contributed by atoms with E-state index in [1.807, 2.05) is 6.07 Å². The average Bonchev–Trinajstić information content (AvgIpc) is 3.19. The summed E-state index contributed by atoms with van der Waals surface area (Å²) in [4.78, 5) is 17.4. The Kier molecular flexibility index (Phi) is 4.21. The molecule has 0 spiro atoms. The van der Waals surface area contributed by atoms with Crippen LogP contribution in [0.25, 0.3) is 11.1 Å². The van der Waals surface area contributed by atoms with Crippen LogP contribution in [0.5, 0.6) is 0 Å². The van der Waals surface area contributed by atoms with Crippen molar-refractivity contribution in [2.45, 2.75) is 33.7 Å². The number of aromatic amines is 1. The number of imidazole rings is 1. The summed E-state index contributed by atoms with van der Waals surface area (Å²) in [6.07, 6.45) is 0.950. The fraction of sp³-hybridized carbons (Fsp3) is 0.474. The zero-order valence-electron chi connectivity index (χ0n) is 15.2. The number of aryl methyl sites for hydroxylation is 3. The minimum atomic E-state index is 0.740. The Hall–Kier alpha value is -2.34. The Balaban J connectivity index is 1.41. The third kappa shape index (κ3) is 3.26. The van der Waals surface area contributed by atoms with E-state index < -0.39 is 0 Å². The second-order valence-corrected chi connectivity index (χ2v) is 6.84. The third-order valence-corrected chi connectivity index (χ3v) is 4.92. The molecule has 1 fully saturated rings. The highest BCUT2D eigenvalue weighted by atomic mass is 16.4. The third-order valence-electron chi connectivity index (χ3n) is 4.92. The normalized spacial score (nSPS) is 16.0. The van der Waals surface area contributed by atoms with Crippen molar-refractivity contribution in [3.8, 4) is 0 Å². The molecule has 1 N–H and O–H groups in total. The van der Waals surface area contributed by atoms with Gasteiger partial charge in [-0.1, -0.05) is 13.0 Å². The molecule has 1 aromatic carbocycles. The standard InChI is InChI=1S/C19H25N5O/c1-4-18-20-14(3)16(21-18)12-23-7-9-24(10-8-23)19-22-15-11-13(2)5-6-17(15)25-19/h5-6,11H,4,7-10,12H2,1-3H3,(H,20,21). The molecule has 3 aromatic rings. The van der Waals surface area contributed by atoms with Crippen molar-refractivity contribution >= 4 is 17.1 Å². The van der Waals surface area contributed by atoms with E-state index in [-0.39, 0.29) is 0 Å². The van der Waals surface area contributed by atoms with Crippen molar-refractivity contribution in [1.82, 2.24) is 19.9 Å². The first-order chi connectivity index (χ1) is 12.1. The zero-order valence-corrected chi connectivity index (χ0v) is 15.2. The number of hydrogen-bond donors (Lipinski definition) is 1. The van der Waals surface area contributed by atoms with Crippen LogP contribution < -0.4 is 4.90 Å². The quantitative estimate of drug-likeness (QED) is 0.791. The van der Waals surface area contributed by atoms with E-state index in [0.29, 0.717) is 0 Å². The van der Waals surface area contributed by atoms with Gasteiger partial charge >= 0.3 is 0 Å². The molecule has 0 saturated carbocycles. The van der Waals surface area contributed by atoms with Crippen molar-refractivity contribution in [3.63, 3.8) is 0 Å².